The fraction of sp³-hybridized carbons (Fsp3) is 0.417. The molecule has 0 fully saturated rings. The second-order valence-corrected chi connectivity index (χ2v) is 4.84. The molecule has 0 aliphatic rings. The van der Waals surface area contributed by atoms with Crippen LogP contribution in [0.4, 0.5) is 0 Å². The Morgan fingerprint density at radius 2 is 1.94 bits per heavy atom. The van der Waals surface area contributed by atoms with Crippen LogP contribution in [0.1, 0.15) is 18.9 Å². The van der Waals surface area contributed by atoms with Gasteiger partial charge in [-0.05, 0) is 5.56 Å². The van der Waals surface area contributed by atoms with Gasteiger partial charge in [0.05, 0.1) is 6.61 Å². The van der Waals surface area contributed by atoms with E-state index in [1.807, 2.05) is 30.3 Å². The van der Waals surface area contributed by atoms with Crippen molar-refractivity contribution in [2.75, 3.05) is 6.61 Å². The SMILES string of the molecule is CCC(=O)OCC(Cl)(Cl)OCc1ccccc1. The first kappa shape index (κ1) is 14.3. The zero-order valence-electron chi connectivity index (χ0n) is 9.49. The summed E-state index contributed by atoms with van der Waals surface area (Å²) in [6.07, 6.45) is 0.280. The number of carbonyl (C=O) groups is 1. The molecular weight excluding hydrogens is 263 g/mol. The molecule has 0 saturated carbocycles. The molecule has 0 saturated heterocycles. The van der Waals surface area contributed by atoms with Gasteiger partial charge in [-0.3, -0.25) is 4.79 Å². The summed E-state index contributed by atoms with van der Waals surface area (Å²) in [5.74, 6) is -0.362. The largest absolute Gasteiger partial charge is 0.460 e. The van der Waals surface area contributed by atoms with Crippen molar-refractivity contribution >= 4 is 29.2 Å². The number of hydrogen-bond donors (Lipinski definition) is 0. The van der Waals surface area contributed by atoms with E-state index >= 15 is 0 Å². The van der Waals surface area contributed by atoms with Gasteiger partial charge in [0.15, 0.2) is 0 Å². The summed E-state index contributed by atoms with van der Waals surface area (Å²) >= 11 is 11.7. The number of esters is 1. The first-order valence-electron chi connectivity index (χ1n) is 5.25. The molecule has 1 rings (SSSR count). The Hall–Kier alpha value is -0.770. The molecule has 0 aromatic heterocycles. The monoisotopic (exact) mass is 276 g/mol. The molecule has 0 unspecified atom stereocenters. The van der Waals surface area contributed by atoms with Crippen molar-refractivity contribution in [1.29, 1.82) is 0 Å². The molecular formula is C12H14Cl2O3. The third-order valence-electron chi connectivity index (χ3n) is 1.98. The molecule has 5 heteroatoms. The van der Waals surface area contributed by atoms with Gasteiger partial charge in [0.25, 0.3) is 4.52 Å². The lowest BCUT2D eigenvalue weighted by molar-refractivity contribution is -0.147. The molecule has 0 radical (unpaired) electrons. The van der Waals surface area contributed by atoms with E-state index in [2.05, 4.69) is 0 Å². The van der Waals surface area contributed by atoms with Gasteiger partial charge in [-0.2, -0.15) is 0 Å². The van der Waals surface area contributed by atoms with E-state index in [1.54, 1.807) is 6.92 Å². The molecule has 1 aromatic rings. The minimum Gasteiger partial charge on any atom is -0.460 e. The molecule has 1 aromatic carbocycles. The molecule has 0 bridgehead atoms. The second kappa shape index (κ2) is 6.84. The third kappa shape index (κ3) is 5.91. The van der Waals surface area contributed by atoms with Crippen molar-refractivity contribution in [1.82, 2.24) is 0 Å². The van der Waals surface area contributed by atoms with Crippen LogP contribution in [0.3, 0.4) is 0 Å². The van der Waals surface area contributed by atoms with Gasteiger partial charge in [-0.15, -0.1) is 0 Å². The van der Waals surface area contributed by atoms with Crippen molar-refractivity contribution in [3.63, 3.8) is 0 Å². The predicted octanol–water partition coefficient (Wildman–Crippen LogP) is 3.29. The molecule has 0 heterocycles. The van der Waals surface area contributed by atoms with E-state index in [0.717, 1.165) is 5.56 Å². The lowest BCUT2D eigenvalue weighted by Gasteiger charge is -2.19. The molecule has 3 nitrogen and oxygen atoms in total. The van der Waals surface area contributed by atoms with E-state index in [9.17, 15) is 4.79 Å². The van der Waals surface area contributed by atoms with E-state index in [0.29, 0.717) is 0 Å². The van der Waals surface area contributed by atoms with Crippen molar-refractivity contribution < 1.29 is 14.3 Å². The van der Waals surface area contributed by atoms with Crippen LogP contribution in [0, 0.1) is 0 Å². The summed E-state index contributed by atoms with van der Waals surface area (Å²) in [7, 11) is 0. The maximum Gasteiger partial charge on any atom is 0.305 e. The molecule has 0 spiro atoms. The molecule has 0 atom stereocenters. The van der Waals surface area contributed by atoms with Crippen molar-refractivity contribution in [3.8, 4) is 0 Å². The Kier molecular flexibility index (Phi) is 5.75. The van der Waals surface area contributed by atoms with E-state index in [4.69, 9.17) is 32.7 Å². The van der Waals surface area contributed by atoms with Crippen LogP contribution in [-0.4, -0.2) is 17.1 Å². The van der Waals surface area contributed by atoms with Gasteiger partial charge in [0, 0.05) is 6.42 Å². The fourth-order valence-electron chi connectivity index (χ4n) is 1.07. The summed E-state index contributed by atoms with van der Waals surface area (Å²) in [5, 5.41) is 0. The summed E-state index contributed by atoms with van der Waals surface area (Å²) < 4.78 is 8.57. The number of benzene rings is 1. The Balaban J connectivity index is 2.36. The molecule has 0 aliphatic heterocycles. The van der Waals surface area contributed by atoms with Crippen molar-refractivity contribution in [3.05, 3.63) is 35.9 Å². The summed E-state index contributed by atoms with van der Waals surface area (Å²) in [6.45, 7) is 1.77. The Morgan fingerprint density at radius 1 is 1.29 bits per heavy atom. The summed E-state index contributed by atoms with van der Waals surface area (Å²) in [6, 6.07) is 9.46. The van der Waals surface area contributed by atoms with Crippen LogP contribution in [0.5, 0.6) is 0 Å². The van der Waals surface area contributed by atoms with Crippen LogP contribution in [0.15, 0.2) is 30.3 Å². The van der Waals surface area contributed by atoms with Gasteiger partial charge < -0.3 is 9.47 Å². The number of halogens is 2. The van der Waals surface area contributed by atoms with E-state index in [-0.39, 0.29) is 25.6 Å². The average Bonchev–Trinajstić information content (AvgIpc) is 2.35. The minimum absolute atomic E-state index is 0.185. The van der Waals surface area contributed by atoms with Crippen molar-refractivity contribution in [2.45, 2.75) is 24.5 Å². The van der Waals surface area contributed by atoms with Crippen LogP contribution >= 0.6 is 23.2 Å². The molecule has 0 N–H and O–H groups in total. The Morgan fingerprint density at radius 3 is 2.53 bits per heavy atom. The maximum absolute atomic E-state index is 10.9. The highest BCUT2D eigenvalue weighted by molar-refractivity contribution is 6.47. The van der Waals surface area contributed by atoms with Crippen LogP contribution < -0.4 is 0 Å². The van der Waals surface area contributed by atoms with Crippen molar-refractivity contribution in [2.24, 2.45) is 0 Å². The fourth-order valence-corrected chi connectivity index (χ4v) is 1.29. The quantitative estimate of drug-likeness (QED) is 0.591. The van der Waals surface area contributed by atoms with Gasteiger partial charge >= 0.3 is 5.97 Å². The topological polar surface area (TPSA) is 35.5 Å². The van der Waals surface area contributed by atoms with E-state index in [1.165, 1.54) is 0 Å². The molecule has 17 heavy (non-hydrogen) atoms. The van der Waals surface area contributed by atoms with Crippen LogP contribution in [0.25, 0.3) is 0 Å². The lowest BCUT2D eigenvalue weighted by atomic mass is 10.2. The first-order valence-corrected chi connectivity index (χ1v) is 6.00. The molecule has 0 amide bonds. The normalized spacial score (nSPS) is 11.2. The number of carbonyl (C=O) groups excluding carboxylic acids is 1. The second-order valence-electron chi connectivity index (χ2n) is 3.43. The third-order valence-corrected chi connectivity index (χ3v) is 2.42. The predicted molar refractivity (Wildman–Crippen MR) is 66.9 cm³/mol. The smallest absolute Gasteiger partial charge is 0.305 e. The van der Waals surface area contributed by atoms with Crippen LogP contribution in [0.2, 0.25) is 0 Å². The summed E-state index contributed by atoms with van der Waals surface area (Å²) in [4.78, 5) is 10.9. The lowest BCUT2D eigenvalue weighted by Crippen LogP contribution is -2.26. The van der Waals surface area contributed by atoms with Gasteiger partial charge in [-0.1, -0.05) is 60.5 Å². The van der Waals surface area contributed by atoms with E-state index < -0.39 is 4.52 Å². The molecule has 94 valence electrons. The summed E-state index contributed by atoms with van der Waals surface area (Å²) in [5.41, 5.74) is 0.944. The van der Waals surface area contributed by atoms with Gasteiger partial charge in [0.1, 0.15) is 6.61 Å². The molecule has 0 aliphatic carbocycles. The minimum atomic E-state index is -1.51. The average molecular weight is 277 g/mol. The highest BCUT2D eigenvalue weighted by Gasteiger charge is 2.26. The van der Waals surface area contributed by atoms with Crippen LogP contribution in [-0.2, 0) is 20.9 Å². The zero-order valence-corrected chi connectivity index (χ0v) is 11.0. The Labute approximate surface area is 111 Å². The maximum atomic E-state index is 10.9. The number of hydrogen-bond acceptors (Lipinski definition) is 3. The first-order chi connectivity index (χ1) is 8.03. The van der Waals surface area contributed by atoms with Gasteiger partial charge in [0.2, 0.25) is 0 Å². The highest BCUT2D eigenvalue weighted by Crippen LogP contribution is 2.24. The number of alkyl halides is 2. The highest BCUT2D eigenvalue weighted by atomic mass is 35.5. The standard InChI is InChI=1S/C12H14Cl2O3/c1-2-11(15)16-9-12(13,14)17-8-10-6-4-3-5-7-10/h3-7H,2,8-9H2,1H3. The van der Waals surface area contributed by atoms with Gasteiger partial charge in [-0.25, -0.2) is 0 Å². The Bertz CT molecular complexity index is 352. The zero-order chi connectivity index (χ0) is 12.7. The number of ether oxygens (including phenoxy) is 2. The number of rotatable bonds is 6.